The Morgan fingerprint density at radius 1 is 1.60 bits per heavy atom. The first-order valence-electron chi connectivity index (χ1n) is 1.93. The van der Waals surface area contributed by atoms with Crippen molar-refractivity contribution in [2.75, 3.05) is 0 Å². The first-order valence-corrected chi connectivity index (χ1v) is 2.93. The monoisotopic (exact) mass is 187 g/mol. The van der Waals surface area contributed by atoms with Crippen LogP contribution >= 0.6 is 0 Å². The molecular weight excluding hydrogens is 185 g/mol. The van der Waals surface area contributed by atoms with Crippen LogP contribution in [0.3, 0.4) is 0 Å². The molecule has 1 N–H and O–H groups in total. The number of nitrogens with one attached hydrogen (secondary N) is 1. The van der Waals surface area contributed by atoms with Crippen LogP contribution in [0.5, 0.6) is 5.88 Å². The molecule has 0 bridgehead atoms. The van der Waals surface area contributed by atoms with Gasteiger partial charge in [0.1, 0.15) is 11.0 Å². The van der Waals surface area contributed by atoms with E-state index in [-0.39, 0.29) is 57.3 Å². The van der Waals surface area contributed by atoms with E-state index in [4.69, 9.17) is 0 Å². The van der Waals surface area contributed by atoms with Crippen molar-refractivity contribution in [1.82, 2.24) is 15.4 Å². The summed E-state index contributed by atoms with van der Waals surface area (Å²) in [7, 11) is -2.57. The predicted octanol–water partition coefficient (Wildman–Crippen LogP) is -3.59. The first-order chi connectivity index (χ1) is 4.29. The van der Waals surface area contributed by atoms with Gasteiger partial charge in [-0.3, -0.25) is 5.10 Å². The van der Waals surface area contributed by atoms with Crippen molar-refractivity contribution in [1.29, 1.82) is 0 Å². The Morgan fingerprint density at radius 3 is 2.70 bits per heavy atom. The minimum Gasteiger partial charge on any atom is -0.516 e. The van der Waals surface area contributed by atoms with E-state index in [1.54, 1.807) is 0 Å². The van der Waals surface area contributed by atoms with Gasteiger partial charge in [-0.15, -0.1) is 0 Å². The summed E-state index contributed by atoms with van der Waals surface area (Å²) in [5.74, 6) is -0.0664. The topological polar surface area (TPSA) is 84.9 Å². The Morgan fingerprint density at radius 2 is 2.30 bits per heavy atom. The van der Waals surface area contributed by atoms with E-state index in [0.717, 1.165) is 0 Å². The Hall–Kier alpha value is 0.526. The van der Waals surface area contributed by atoms with Gasteiger partial charge in [0.2, 0.25) is 5.88 Å². The zero-order valence-corrected chi connectivity index (χ0v) is 9.04. The Kier molecular flexibility index (Phi) is 5.49. The van der Waals surface area contributed by atoms with E-state index >= 15 is 0 Å². The minimum absolute atomic E-state index is 0. The first kappa shape index (κ1) is 10.5. The van der Waals surface area contributed by atoms with Gasteiger partial charge in [-0.05, 0) is 0 Å². The fourth-order valence-electron chi connectivity index (χ4n) is 0.302. The molecule has 0 saturated carbocycles. The quantitative estimate of drug-likeness (QED) is 0.382. The molecule has 1 aromatic heterocycles. The average molecular weight is 187 g/mol. The largest absolute Gasteiger partial charge is 1.00 e. The molecule has 0 saturated heterocycles. The number of aromatic amines is 1. The molecule has 0 unspecified atom stereocenters. The second kappa shape index (κ2) is 5.21. The Bertz CT molecular complexity index is 236. The maximum absolute atomic E-state index is 9.76. The maximum atomic E-state index is 9.76. The van der Waals surface area contributed by atoms with Crippen molar-refractivity contribution in [3.05, 3.63) is 6.20 Å². The molecule has 0 aliphatic heterocycles. The summed E-state index contributed by atoms with van der Waals surface area (Å²) in [4.78, 5) is 0. The van der Waals surface area contributed by atoms with E-state index in [1.165, 1.54) is 6.20 Å². The summed E-state index contributed by atoms with van der Waals surface area (Å²) in [6.45, 7) is 0. The van der Waals surface area contributed by atoms with Crippen LogP contribution in [0, 0.1) is 0 Å². The molecule has 0 radical (unpaired) electrons. The molecule has 0 fully saturated rings. The summed E-state index contributed by atoms with van der Waals surface area (Å²) in [6.07, 6.45) is 1.22. The fourth-order valence-corrected chi connectivity index (χ4v) is 0.522. The van der Waals surface area contributed by atoms with Gasteiger partial charge in [0.25, 0.3) is 0 Å². The third kappa shape index (κ3) is 3.64. The van der Waals surface area contributed by atoms with Gasteiger partial charge >= 0.3 is 51.4 Å². The molecule has 10 heavy (non-hydrogen) atoms. The summed E-state index contributed by atoms with van der Waals surface area (Å²) in [5, 5.41) is 8.71. The molecule has 0 aliphatic rings. The van der Waals surface area contributed by atoms with Crippen LogP contribution in [0.2, 0.25) is 0 Å². The molecule has 1 heterocycles. The molecule has 0 spiro atoms. The van der Waals surface area contributed by atoms with Crippen molar-refractivity contribution < 1.29 is 64.0 Å². The summed E-state index contributed by atoms with van der Waals surface area (Å²) in [5.41, 5.74) is 0. The Labute approximate surface area is 101 Å². The third-order valence-corrected chi connectivity index (χ3v) is 0.855. The van der Waals surface area contributed by atoms with Crippen LogP contribution in [0.4, 0.5) is 0 Å². The smallest absolute Gasteiger partial charge is 0.516 e. The van der Waals surface area contributed by atoms with Crippen LogP contribution in [0.1, 0.15) is 0 Å². The number of nitrogens with zero attached hydrogens (tertiary/aromatic N) is 2. The van der Waals surface area contributed by atoms with E-state index in [1.807, 2.05) is 0 Å². The van der Waals surface area contributed by atoms with Crippen LogP contribution in [-0.2, 0) is 19.4 Å². The van der Waals surface area contributed by atoms with Crippen LogP contribution in [0.25, 0.3) is 0 Å². The van der Waals surface area contributed by atoms with Gasteiger partial charge in [0.15, 0.2) is 0 Å². The van der Waals surface area contributed by atoms with Gasteiger partial charge < -0.3 is 12.6 Å². The van der Waals surface area contributed by atoms with Gasteiger partial charge in [0, 0.05) is 0 Å². The summed E-state index contributed by atoms with van der Waals surface area (Å²) < 4.78 is 23.6. The molecule has 0 atom stereocenters. The van der Waals surface area contributed by atoms with Crippen LogP contribution in [0.15, 0.2) is 6.20 Å². The van der Waals surface area contributed by atoms with Gasteiger partial charge in [-0.25, -0.2) is 0 Å². The number of hydrogen-bond acceptors (Lipinski definition) is 6. The molecule has 0 aliphatic carbocycles. The van der Waals surface area contributed by atoms with Gasteiger partial charge in [0.05, 0.1) is 6.20 Å². The SMILES string of the molecule is O=[S-](=O)Oc1c[nH]nn1.[K+]. The average Bonchev–Trinajstić information content (AvgIpc) is 2.15. The Balaban J connectivity index is 0.000000810. The van der Waals surface area contributed by atoms with E-state index in [0.29, 0.717) is 0 Å². The van der Waals surface area contributed by atoms with Crippen molar-refractivity contribution >= 4 is 11.0 Å². The van der Waals surface area contributed by atoms with Crippen molar-refractivity contribution in [3.63, 3.8) is 0 Å². The zero-order valence-electron chi connectivity index (χ0n) is 5.10. The second-order valence-electron chi connectivity index (χ2n) is 1.10. The van der Waals surface area contributed by atoms with E-state index in [2.05, 4.69) is 19.6 Å². The normalized spacial score (nSPS) is 8.90. The molecular formula is C2H2KN3O3S. The summed E-state index contributed by atoms with van der Waals surface area (Å²) in [6, 6.07) is 0. The molecule has 0 amide bonds. The number of aromatic nitrogens is 3. The minimum atomic E-state index is -2.57. The molecule has 8 heteroatoms. The standard InChI is InChI=1S/C2H2N3O3S.K/c6-9(7)8-2-1-3-5-4-2;/h1H,(H,3,4,5);/q-1;+1. The molecule has 1 aromatic rings. The zero-order chi connectivity index (χ0) is 6.69. The number of rotatable bonds is 2. The van der Waals surface area contributed by atoms with Gasteiger partial charge in [-0.1, -0.05) is 10.3 Å². The van der Waals surface area contributed by atoms with Crippen molar-refractivity contribution in [2.24, 2.45) is 0 Å². The molecule has 6 nitrogen and oxygen atoms in total. The van der Waals surface area contributed by atoms with Crippen molar-refractivity contribution in [3.8, 4) is 5.88 Å². The van der Waals surface area contributed by atoms with E-state index < -0.39 is 11.0 Å². The third-order valence-electron chi connectivity index (χ3n) is 0.548. The predicted molar refractivity (Wildman–Crippen MR) is 25.7 cm³/mol. The maximum Gasteiger partial charge on any atom is 1.00 e. The molecule has 50 valence electrons. The van der Waals surface area contributed by atoms with Gasteiger partial charge in [-0.2, -0.15) is 0 Å². The fraction of sp³-hybridized carbons (Fsp3) is 0. The number of hydrogen-bond donors (Lipinski definition) is 1. The van der Waals surface area contributed by atoms with Crippen molar-refractivity contribution in [2.45, 2.75) is 0 Å². The molecule has 0 aromatic carbocycles. The van der Waals surface area contributed by atoms with Crippen LogP contribution in [-0.4, -0.2) is 15.4 Å². The van der Waals surface area contributed by atoms with E-state index in [9.17, 15) is 8.42 Å². The molecule has 1 rings (SSSR count). The number of H-pyrrole nitrogens is 1. The summed E-state index contributed by atoms with van der Waals surface area (Å²) >= 11 is 0. The second-order valence-corrected chi connectivity index (χ2v) is 1.67. The van der Waals surface area contributed by atoms with Crippen LogP contribution < -0.4 is 55.6 Å².